The average Bonchev–Trinajstić information content (AvgIpc) is 3.50. The van der Waals surface area contributed by atoms with Crippen LogP contribution in [-0.2, 0) is 20.9 Å². The topological polar surface area (TPSA) is 104 Å². The number of nitrogens with one attached hydrogen (secondary N) is 2. The highest BCUT2D eigenvalue weighted by molar-refractivity contribution is 5.90. The number of amides is 3. The van der Waals surface area contributed by atoms with Gasteiger partial charge in [0.05, 0.1) is 12.8 Å². The van der Waals surface area contributed by atoms with E-state index in [0.29, 0.717) is 38.3 Å². The van der Waals surface area contributed by atoms with E-state index in [4.69, 9.17) is 4.74 Å². The van der Waals surface area contributed by atoms with Crippen LogP contribution in [0.5, 0.6) is 5.75 Å². The summed E-state index contributed by atoms with van der Waals surface area (Å²) in [5.74, 6) is 0.522. The number of hydrogen-bond donors (Lipinski definition) is 2. The van der Waals surface area contributed by atoms with Crippen molar-refractivity contribution in [3.63, 3.8) is 0 Å². The number of rotatable bonds is 6. The van der Waals surface area contributed by atoms with Crippen LogP contribution in [0.3, 0.4) is 0 Å². The third kappa shape index (κ3) is 4.56. The number of ether oxygens (including phenoxy) is 1. The molecule has 3 amide bonds. The maximum absolute atomic E-state index is 13.3. The Morgan fingerprint density at radius 2 is 2.03 bits per heavy atom. The standard InChI is InChI=1S/C21H29N5O4/c1-13(27)23-15-8-16-10-25(11-17-19(30-2)4-3-7-22-17)12-18(21(29)26(16)9-15)24-20(28)14-5-6-14/h3-4,7,14-16,18H,5-6,8-12H2,1-2H3,(H,23,27)(H,24,28)/t15-,16-,18-/m0/s1. The van der Waals surface area contributed by atoms with Crippen LogP contribution >= 0.6 is 0 Å². The van der Waals surface area contributed by atoms with Crippen molar-refractivity contribution in [2.24, 2.45) is 5.92 Å². The highest BCUT2D eigenvalue weighted by atomic mass is 16.5. The van der Waals surface area contributed by atoms with Crippen molar-refractivity contribution in [2.45, 2.75) is 50.9 Å². The average molecular weight is 415 g/mol. The first-order valence-electron chi connectivity index (χ1n) is 10.5. The molecule has 1 saturated carbocycles. The maximum atomic E-state index is 13.3. The lowest BCUT2D eigenvalue weighted by atomic mass is 10.1. The van der Waals surface area contributed by atoms with E-state index >= 15 is 0 Å². The summed E-state index contributed by atoms with van der Waals surface area (Å²) in [6.07, 6.45) is 4.20. The summed E-state index contributed by atoms with van der Waals surface area (Å²) in [6.45, 7) is 3.55. The molecule has 0 spiro atoms. The van der Waals surface area contributed by atoms with Gasteiger partial charge in [0, 0.05) is 57.3 Å². The second kappa shape index (κ2) is 8.59. The predicted molar refractivity (Wildman–Crippen MR) is 108 cm³/mol. The largest absolute Gasteiger partial charge is 0.495 e. The molecule has 1 aromatic heterocycles. The van der Waals surface area contributed by atoms with Crippen molar-refractivity contribution in [3.05, 3.63) is 24.0 Å². The number of carbonyl (C=O) groups excluding carboxylic acids is 3. The molecule has 4 rings (SSSR count). The number of nitrogens with zero attached hydrogens (tertiary/aromatic N) is 3. The molecule has 1 aromatic rings. The molecule has 0 unspecified atom stereocenters. The zero-order chi connectivity index (χ0) is 21.3. The van der Waals surface area contributed by atoms with E-state index in [1.807, 2.05) is 17.0 Å². The van der Waals surface area contributed by atoms with E-state index < -0.39 is 6.04 Å². The van der Waals surface area contributed by atoms with E-state index in [9.17, 15) is 14.4 Å². The Kier molecular flexibility index (Phi) is 5.90. The summed E-state index contributed by atoms with van der Waals surface area (Å²) in [5.41, 5.74) is 0.796. The molecule has 162 valence electrons. The lowest BCUT2D eigenvalue weighted by Crippen LogP contribution is -2.52. The number of carbonyl (C=O) groups is 3. The van der Waals surface area contributed by atoms with Crippen LogP contribution < -0.4 is 15.4 Å². The summed E-state index contributed by atoms with van der Waals surface area (Å²) in [7, 11) is 1.61. The molecule has 2 aliphatic heterocycles. The van der Waals surface area contributed by atoms with Crippen molar-refractivity contribution >= 4 is 17.7 Å². The number of methoxy groups -OCH3 is 1. The van der Waals surface area contributed by atoms with Crippen LogP contribution in [0.1, 0.15) is 31.9 Å². The van der Waals surface area contributed by atoms with Crippen molar-refractivity contribution < 1.29 is 19.1 Å². The zero-order valence-corrected chi connectivity index (χ0v) is 17.5. The van der Waals surface area contributed by atoms with E-state index in [-0.39, 0.29) is 35.7 Å². The molecule has 0 bridgehead atoms. The smallest absolute Gasteiger partial charge is 0.246 e. The second-order valence-electron chi connectivity index (χ2n) is 8.46. The van der Waals surface area contributed by atoms with Gasteiger partial charge in [0.15, 0.2) is 0 Å². The van der Waals surface area contributed by atoms with Crippen LogP contribution in [-0.4, -0.2) is 77.4 Å². The Labute approximate surface area is 176 Å². The summed E-state index contributed by atoms with van der Waals surface area (Å²) in [6, 6.07) is 3.00. The Bertz CT molecular complexity index is 827. The fourth-order valence-electron chi connectivity index (χ4n) is 4.47. The minimum Gasteiger partial charge on any atom is -0.495 e. The Balaban J connectivity index is 1.54. The molecule has 2 N–H and O–H groups in total. The molecule has 3 heterocycles. The van der Waals surface area contributed by atoms with E-state index in [1.165, 1.54) is 6.92 Å². The van der Waals surface area contributed by atoms with Crippen molar-refractivity contribution in [3.8, 4) is 5.75 Å². The van der Waals surface area contributed by atoms with Crippen molar-refractivity contribution in [1.82, 2.24) is 25.4 Å². The fraction of sp³-hybridized carbons (Fsp3) is 0.619. The highest BCUT2D eigenvalue weighted by Gasteiger charge is 2.43. The van der Waals surface area contributed by atoms with Gasteiger partial charge in [-0.25, -0.2) is 0 Å². The van der Waals surface area contributed by atoms with Gasteiger partial charge in [0.1, 0.15) is 11.8 Å². The molecule has 0 radical (unpaired) electrons. The lowest BCUT2D eigenvalue weighted by molar-refractivity contribution is -0.136. The van der Waals surface area contributed by atoms with Crippen LogP contribution in [0.4, 0.5) is 0 Å². The van der Waals surface area contributed by atoms with E-state index in [1.54, 1.807) is 13.3 Å². The minimum atomic E-state index is -0.603. The Morgan fingerprint density at radius 1 is 1.23 bits per heavy atom. The minimum absolute atomic E-state index is 0.0214. The van der Waals surface area contributed by atoms with E-state index in [0.717, 1.165) is 18.5 Å². The third-order valence-electron chi connectivity index (χ3n) is 6.02. The lowest BCUT2D eigenvalue weighted by Gasteiger charge is -2.25. The number of pyridine rings is 1. The van der Waals surface area contributed by atoms with Crippen molar-refractivity contribution in [2.75, 3.05) is 26.7 Å². The zero-order valence-electron chi connectivity index (χ0n) is 17.5. The molecule has 1 aliphatic carbocycles. The van der Waals surface area contributed by atoms with Gasteiger partial charge in [-0.1, -0.05) is 0 Å². The predicted octanol–water partition coefficient (Wildman–Crippen LogP) is -0.0938. The van der Waals surface area contributed by atoms with Crippen LogP contribution in [0.2, 0.25) is 0 Å². The summed E-state index contributed by atoms with van der Waals surface area (Å²) in [5, 5.41) is 5.91. The SMILES string of the molecule is COc1cccnc1CN1C[C@@H]2C[C@H](NC(C)=O)CN2C(=O)[C@@H](NC(=O)C2CC2)C1. The Morgan fingerprint density at radius 3 is 2.73 bits per heavy atom. The van der Waals surface area contributed by atoms with Gasteiger partial charge in [-0.2, -0.15) is 0 Å². The van der Waals surface area contributed by atoms with Gasteiger partial charge in [0.25, 0.3) is 0 Å². The van der Waals surface area contributed by atoms with Crippen molar-refractivity contribution in [1.29, 1.82) is 0 Å². The molecule has 2 saturated heterocycles. The fourth-order valence-corrected chi connectivity index (χ4v) is 4.47. The normalized spacial score (nSPS) is 26.7. The third-order valence-corrected chi connectivity index (χ3v) is 6.02. The molecule has 30 heavy (non-hydrogen) atoms. The second-order valence-corrected chi connectivity index (χ2v) is 8.46. The first-order valence-corrected chi connectivity index (χ1v) is 10.5. The van der Waals surface area contributed by atoms with E-state index in [2.05, 4.69) is 20.5 Å². The first kappa shape index (κ1) is 20.6. The molecular weight excluding hydrogens is 386 g/mol. The quantitative estimate of drug-likeness (QED) is 0.673. The first-order chi connectivity index (χ1) is 14.4. The highest BCUT2D eigenvalue weighted by Crippen LogP contribution is 2.30. The van der Waals surface area contributed by atoms with Gasteiger partial charge in [-0.3, -0.25) is 24.3 Å². The molecular formula is C21H29N5O4. The Hall–Kier alpha value is -2.68. The summed E-state index contributed by atoms with van der Waals surface area (Å²) in [4.78, 5) is 45.6. The molecule has 3 aliphatic rings. The van der Waals surface area contributed by atoms with Gasteiger partial charge in [-0.15, -0.1) is 0 Å². The van der Waals surface area contributed by atoms with Crippen LogP contribution in [0.25, 0.3) is 0 Å². The van der Waals surface area contributed by atoms with Gasteiger partial charge < -0.3 is 20.3 Å². The summed E-state index contributed by atoms with van der Waals surface area (Å²) >= 11 is 0. The monoisotopic (exact) mass is 415 g/mol. The van der Waals surface area contributed by atoms with Crippen LogP contribution in [0.15, 0.2) is 18.3 Å². The summed E-state index contributed by atoms with van der Waals surface area (Å²) < 4.78 is 5.43. The number of hydrogen-bond acceptors (Lipinski definition) is 6. The molecule has 9 heteroatoms. The molecule has 3 atom stereocenters. The number of aromatic nitrogens is 1. The van der Waals surface area contributed by atoms with Gasteiger partial charge in [0.2, 0.25) is 17.7 Å². The maximum Gasteiger partial charge on any atom is 0.246 e. The molecule has 0 aromatic carbocycles. The van der Waals surface area contributed by atoms with Crippen LogP contribution in [0, 0.1) is 5.92 Å². The van der Waals surface area contributed by atoms with Gasteiger partial charge >= 0.3 is 0 Å². The molecule has 9 nitrogen and oxygen atoms in total. The number of fused-ring (bicyclic) bond motifs is 1. The van der Waals surface area contributed by atoms with Gasteiger partial charge in [-0.05, 0) is 31.4 Å². The molecule has 3 fully saturated rings.